The van der Waals surface area contributed by atoms with Gasteiger partial charge in [-0.3, -0.25) is 9.52 Å². The monoisotopic (exact) mass is 494 g/mol. The average molecular weight is 495 g/mol. The fraction of sp³-hybridized carbons (Fsp3) is 0.200. The summed E-state index contributed by atoms with van der Waals surface area (Å²) in [5.41, 5.74) is 2.02. The van der Waals surface area contributed by atoms with Crippen molar-refractivity contribution in [3.63, 3.8) is 0 Å². The molecule has 0 saturated carbocycles. The molecule has 0 bridgehead atoms. The third kappa shape index (κ3) is 3.71. The van der Waals surface area contributed by atoms with Gasteiger partial charge < -0.3 is 18.8 Å². The highest BCUT2D eigenvalue weighted by molar-refractivity contribution is 7.93. The Morgan fingerprint density at radius 2 is 1.89 bits per heavy atom. The molecule has 9 nitrogen and oxygen atoms in total. The molecule has 3 aromatic carbocycles. The molecular formula is C25H22N2O7S. The van der Waals surface area contributed by atoms with Gasteiger partial charge >= 0.3 is 5.97 Å². The number of furan rings is 1. The van der Waals surface area contributed by atoms with Gasteiger partial charge in [-0.2, -0.15) is 0 Å². The standard InChI is InChI=1S/C25H22N2O7S/c1-14-22(25(29)33-12-11-32-3)18-13-15(7-9-20(18)34-14)26-35(30,31)21-10-8-19-23-16(21)5-4-6-17(23)24(28)27(19)2/h4-10,13,26H,11-12H2,1-3H3. The molecule has 0 saturated heterocycles. The Morgan fingerprint density at radius 1 is 1.09 bits per heavy atom. The van der Waals surface area contributed by atoms with Crippen LogP contribution in [0, 0.1) is 6.92 Å². The Kier molecular flexibility index (Phi) is 5.49. The molecule has 4 aromatic rings. The Hall–Kier alpha value is -3.89. The van der Waals surface area contributed by atoms with Crippen molar-refractivity contribution in [2.24, 2.45) is 0 Å². The maximum absolute atomic E-state index is 13.4. The maximum Gasteiger partial charge on any atom is 0.342 e. The van der Waals surface area contributed by atoms with Crippen molar-refractivity contribution >= 4 is 55.0 Å². The zero-order valence-electron chi connectivity index (χ0n) is 19.2. The van der Waals surface area contributed by atoms with Crippen molar-refractivity contribution in [1.29, 1.82) is 0 Å². The number of carbonyl (C=O) groups is 2. The van der Waals surface area contributed by atoms with Crippen LogP contribution in [-0.2, 0) is 19.5 Å². The molecule has 10 heteroatoms. The topological polar surface area (TPSA) is 115 Å². The van der Waals surface area contributed by atoms with Gasteiger partial charge in [-0.15, -0.1) is 0 Å². The SMILES string of the molecule is COCCOC(=O)c1c(C)oc2ccc(NS(=O)(=O)c3ccc4c5c(cccc35)C(=O)N4C)cc12. The second-order valence-corrected chi connectivity index (χ2v) is 9.80. The number of aryl methyl sites for hydroxylation is 1. The van der Waals surface area contributed by atoms with Crippen LogP contribution in [0.1, 0.15) is 26.5 Å². The molecule has 2 heterocycles. The number of sulfonamides is 1. The Morgan fingerprint density at radius 3 is 2.66 bits per heavy atom. The summed E-state index contributed by atoms with van der Waals surface area (Å²) in [5, 5.41) is 1.48. The summed E-state index contributed by atoms with van der Waals surface area (Å²) in [6, 6.07) is 12.8. The van der Waals surface area contributed by atoms with Crippen LogP contribution in [-0.4, -0.2) is 47.7 Å². The molecule has 0 aliphatic carbocycles. The number of carbonyl (C=O) groups excluding carboxylic acids is 2. The fourth-order valence-corrected chi connectivity index (χ4v) is 5.63. The lowest BCUT2D eigenvalue weighted by atomic mass is 10.1. The van der Waals surface area contributed by atoms with Crippen molar-refractivity contribution in [3.05, 3.63) is 65.4 Å². The highest BCUT2D eigenvalue weighted by atomic mass is 32.2. The van der Waals surface area contributed by atoms with Crippen molar-refractivity contribution in [3.8, 4) is 0 Å². The molecule has 1 aliphatic rings. The van der Waals surface area contributed by atoms with E-state index in [4.69, 9.17) is 13.9 Å². The minimum Gasteiger partial charge on any atom is -0.460 e. The van der Waals surface area contributed by atoms with Gasteiger partial charge in [0, 0.05) is 41.6 Å². The Bertz CT molecular complexity index is 1620. The largest absolute Gasteiger partial charge is 0.460 e. The van der Waals surface area contributed by atoms with E-state index in [1.807, 2.05) is 0 Å². The van der Waals surface area contributed by atoms with E-state index in [9.17, 15) is 18.0 Å². The van der Waals surface area contributed by atoms with E-state index < -0.39 is 16.0 Å². The van der Waals surface area contributed by atoms with Gasteiger partial charge in [-0.25, -0.2) is 13.2 Å². The van der Waals surface area contributed by atoms with Crippen LogP contribution in [0.5, 0.6) is 0 Å². The zero-order valence-corrected chi connectivity index (χ0v) is 20.1. The number of amides is 1. The quantitative estimate of drug-likeness (QED) is 0.304. The fourth-order valence-electron chi connectivity index (χ4n) is 4.38. The zero-order chi connectivity index (χ0) is 24.9. The summed E-state index contributed by atoms with van der Waals surface area (Å²) in [7, 11) is -0.877. The number of hydrogen-bond donors (Lipinski definition) is 1. The number of fused-ring (bicyclic) bond motifs is 1. The highest BCUT2D eigenvalue weighted by Crippen LogP contribution is 2.40. The second kappa shape index (κ2) is 8.40. The van der Waals surface area contributed by atoms with Gasteiger partial charge in [0.05, 0.1) is 17.2 Å². The minimum absolute atomic E-state index is 0.0452. The normalized spacial score (nSPS) is 13.1. The van der Waals surface area contributed by atoms with E-state index >= 15 is 0 Å². The molecular weight excluding hydrogens is 472 g/mol. The lowest BCUT2D eigenvalue weighted by Crippen LogP contribution is -2.20. The van der Waals surface area contributed by atoms with Gasteiger partial charge in [0.15, 0.2) is 0 Å². The van der Waals surface area contributed by atoms with Crippen molar-refractivity contribution in [1.82, 2.24) is 0 Å². The lowest BCUT2D eigenvalue weighted by Gasteiger charge is -2.13. The molecule has 1 aromatic heterocycles. The van der Waals surface area contributed by atoms with E-state index in [2.05, 4.69) is 4.72 Å². The predicted molar refractivity (Wildman–Crippen MR) is 131 cm³/mol. The summed E-state index contributed by atoms with van der Waals surface area (Å²) < 4.78 is 45.2. The van der Waals surface area contributed by atoms with E-state index in [0.29, 0.717) is 38.8 Å². The first-order valence-electron chi connectivity index (χ1n) is 10.8. The molecule has 1 aliphatic heterocycles. The van der Waals surface area contributed by atoms with E-state index in [1.54, 1.807) is 50.4 Å². The Labute approximate surface area is 201 Å². The minimum atomic E-state index is -4.04. The smallest absolute Gasteiger partial charge is 0.342 e. The van der Waals surface area contributed by atoms with E-state index in [1.165, 1.54) is 24.1 Å². The van der Waals surface area contributed by atoms with Crippen LogP contribution >= 0.6 is 0 Å². The van der Waals surface area contributed by atoms with Crippen molar-refractivity contribution in [2.75, 3.05) is 37.0 Å². The maximum atomic E-state index is 13.4. The van der Waals surface area contributed by atoms with Gasteiger partial charge in [-0.1, -0.05) is 12.1 Å². The van der Waals surface area contributed by atoms with Crippen molar-refractivity contribution < 1.29 is 31.9 Å². The summed E-state index contributed by atoms with van der Waals surface area (Å²) in [4.78, 5) is 26.7. The number of hydrogen-bond acceptors (Lipinski definition) is 7. The van der Waals surface area contributed by atoms with Crippen LogP contribution in [0.25, 0.3) is 21.7 Å². The number of nitrogens with zero attached hydrogens (tertiary/aromatic N) is 1. The average Bonchev–Trinajstić information content (AvgIpc) is 3.28. The molecule has 1 amide bonds. The second-order valence-electron chi connectivity index (χ2n) is 8.15. The molecule has 0 atom stereocenters. The number of rotatable bonds is 7. The first-order chi connectivity index (χ1) is 16.7. The molecule has 5 rings (SSSR count). The molecule has 0 unspecified atom stereocenters. The van der Waals surface area contributed by atoms with Crippen LogP contribution in [0.15, 0.2) is 57.8 Å². The van der Waals surface area contributed by atoms with E-state index in [0.717, 1.165) is 0 Å². The van der Waals surface area contributed by atoms with Crippen LogP contribution < -0.4 is 9.62 Å². The summed E-state index contributed by atoms with van der Waals surface area (Å²) >= 11 is 0. The molecule has 1 N–H and O–H groups in total. The van der Waals surface area contributed by atoms with Gasteiger partial charge in [-0.05, 0) is 43.3 Å². The predicted octanol–water partition coefficient (Wildman–Crippen LogP) is 4.09. The summed E-state index contributed by atoms with van der Waals surface area (Å²) in [6.45, 7) is 1.97. The van der Waals surface area contributed by atoms with E-state index in [-0.39, 0.29) is 35.3 Å². The third-order valence-corrected chi connectivity index (χ3v) is 7.44. The molecule has 0 radical (unpaired) electrons. The third-order valence-electron chi connectivity index (χ3n) is 6.01. The highest BCUT2D eigenvalue weighted by Gasteiger charge is 2.30. The van der Waals surface area contributed by atoms with Crippen LogP contribution in [0.2, 0.25) is 0 Å². The summed E-state index contributed by atoms with van der Waals surface area (Å²) in [5.74, 6) is -0.401. The number of anilines is 2. The summed E-state index contributed by atoms with van der Waals surface area (Å²) in [6.07, 6.45) is 0. The molecule has 180 valence electrons. The van der Waals surface area contributed by atoms with Crippen LogP contribution in [0.4, 0.5) is 11.4 Å². The number of ether oxygens (including phenoxy) is 2. The van der Waals surface area contributed by atoms with Gasteiger partial charge in [0.2, 0.25) is 0 Å². The first-order valence-corrected chi connectivity index (χ1v) is 12.3. The first kappa shape index (κ1) is 22.9. The molecule has 0 fully saturated rings. The van der Waals surface area contributed by atoms with Gasteiger partial charge in [0.1, 0.15) is 23.5 Å². The Balaban J connectivity index is 1.53. The number of esters is 1. The molecule has 35 heavy (non-hydrogen) atoms. The lowest BCUT2D eigenvalue weighted by molar-refractivity contribution is 0.0388. The van der Waals surface area contributed by atoms with Crippen molar-refractivity contribution in [2.45, 2.75) is 11.8 Å². The number of nitrogens with one attached hydrogen (secondary N) is 1. The number of benzene rings is 3. The van der Waals surface area contributed by atoms with Gasteiger partial charge in [0.25, 0.3) is 15.9 Å². The molecule has 0 spiro atoms. The van der Waals surface area contributed by atoms with Crippen LogP contribution in [0.3, 0.4) is 0 Å². The number of methoxy groups -OCH3 is 1.